The van der Waals surface area contributed by atoms with Gasteiger partial charge in [0, 0.05) is 11.1 Å². The Labute approximate surface area is 117 Å². The molecule has 0 aliphatic heterocycles. The van der Waals surface area contributed by atoms with Gasteiger partial charge in [-0.3, -0.25) is 0 Å². The molecule has 0 radical (unpaired) electrons. The van der Waals surface area contributed by atoms with Crippen LogP contribution in [0.2, 0.25) is 25.2 Å². The van der Waals surface area contributed by atoms with E-state index in [1.165, 1.54) is 5.20 Å². The van der Waals surface area contributed by atoms with Crippen molar-refractivity contribution in [3.63, 3.8) is 0 Å². The SMILES string of the molecule is CC(C)(C)N[Si](Cl)(Cl)C1C=CC([Si](C)(C)C)=C1. The van der Waals surface area contributed by atoms with Crippen molar-refractivity contribution in [3.8, 4) is 0 Å². The molecule has 1 unspecified atom stereocenters. The summed E-state index contributed by atoms with van der Waals surface area (Å²) in [6.45, 7) is 10.8. The van der Waals surface area contributed by atoms with Crippen LogP contribution in [0.5, 0.6) is 0 Å². The molecule has 98 valence electrons. The van der Waals surface area contributed by atoms with Crippen LogP contribution in [0.3, 0.4) is 0 Å². The van der Waals surface area contributed by atoms with Crippen LogP contribution in [-0.2, 0) is 0 Å². The van der Waals surface area contributed by atoms with Crippen molar-refractivity contribution in [2.45, 2.75) is 51.5 Å². The van der Waals surface area contributed by atoms with Gasteiger partial charge >= 0.3 is 6.86 Å². The summed E-state index contributed by atoms with van der Waals surface area (Å²) in [6.07, 6.45) is 6.66. The van der Waals surface area contributed by atoms with Gasteiger partial charge in [-0.2, -0.15) is 0 Å². The Kier molecular flexibility index (Phi) is 4.43. The van der Waals surface area contributed by atoms with Gasteiger partial charge in [0.05, 0.1) is 8.07 Å². The lowest BCUT2D eigenvalue weighted by molar-refractivity contribution is 0.518. The van der Waals surface area contributed by atoms with Gasteiger partial charge in [-0.25, -0.2) is 0 Å². The molecule has 17 heavy (non-hydrogen) atoms. The van der Waals surface area contributed by atoms with E-state index in [4.69, 9.17) is 22.2 Å². The van der Waals surface area contributed by atoms with Crippen molar-refractivity contribution < 1.29 is 0 Å². The average Bonchev–Trinajstić information content (AvgIpc) is 2.44. The smallest absolute Gasteiger partial charge is 0.308 e. The third kappa shape index (κ3) is 4.56. The lowest BCUT2D eigenvalue weighted by atomic mass is 10.1. The highest BCUT2D eigenvalue weighted by molar-refractivity contribution is 7.45. The third-order valence-electron chi connectivity index (χ3n) is 2.67. The fourth-order valence-electron chi connectivity index (χ4n) is 1.82. The van der Waals surface area contributed by atoms with Gasteiger partial charge in [0.1, 0.15) is 0 Å². The van der Waals surface area contributed by atoms with Crippen molar-refractivity contribution >= 4 is 37.1 Å². The van der Waals surface area contributed by atoms with E-state index < -0.39 is 14.9 Å². The zero-order valence-corrected chi connectivity index (χ0v) is 15.1. The third-order valence-corrected chi connectivity index (χ3v) is 9.09. The quantitative estimate of drug-likeness (QED) is 0.596. The molecule has 0 aromatic rings. The lowest BCUT2D eigenvalue weighted by Crippen LogP contribution is -2.53. The van der Waals surface area contributed by atoms with Crippen LogP contribution in [0.25, 0.3) is 0 Å². The first-order chi connectivity index (χ1) is 7.42. The number of hydrogen-bond donors (Lipinski definition) is 1. The van der Waals surface area contributed by atoms with Crippen molar-refractivity contribution in [1.29, 1.82) is 0 Å². The molecule has 1 atom stereocenters. The van der Waals surface area contributed by atoms with E-state index in [-0.39, 0.29) is 11.1 Å². The Morgan fingerprint density at radius 3 is 2.06 bits per heavy atom. The van der Waals surface area contributed by atoms with Crippen molar-refractivity contribution in [2.24, 2.45) is 0 Å². The number of rotatable bonds is 3. The van der Waals surface area contributed by atoms with Crippen LogP contribution < -0.4 is 4.98 Å². The fraction of sp³-hybridized carbons (Fsp3) is 0.667. The summed E-state index contributed by atoms with van der Waals surface area (Å²) in [5, 5.41) is 1.45. The highest BCUT2D eigenvalue weighted by atomic mass is 35.7. The molecule has 0 aromatic heterocycles. The summed E-state index contributed by atoms with van der Waals surface area (Å²) in [4.78, 5) is 3.40. The first-order valence-corrected chi connectivity index (χ1v) is 13.6. The van der Waals surface area contributed by atoms with Gasteiger partial charge in [0.15, 0.2) is 0 Å². The molecular weight excluding hydrogens is 285 g/mol. The van der Waals surface area contributed by atoms with Gasteiger partial charge in [-0.15, -0.1) is 22.2 Å². The van der Waals surface area contributed by atoms with Crippen LogP contribution in [0, 0.1) is 0 Å². The van der Waals surface area contributed by atoms with Crippen molar-refractivity contribution in [2.75, 3.05) is 0 Å². The number of nitrogens with one attached hydrogen (secondary N) is 1. The van der Waals surface area contributed by atoms with E-state index in [0.29, 0.717) is 0 Å². The monoisotopic (exact) mass is 307 g/mol. The predicted octanol–water partition coefficient (Wildman–Crippen LogP) is 4.53. The minimum absolute atomic E-state index is 0.0423. The van der Waals surface area contributed by atoms with Gasteiger partial charge < -0.3 is 4.98 Å². The molecule has 0 amide bonds. The summed E-state index contributed by atoms with van der Waals surface area (Å²) < 4.78 is 0. The highest BCUT2D eigenvalue weighted by Crippen LogP contribution is 2.38. The van der Waals surface area contributed by atoms with Crippen LogP contribution in [0.1, 0.15) is 20.8 Å². The second-order valence-electron chi connectivity index (χ2n) is 6.75. The molecule has 1 aliphatic rings. The van der Waals surface area contributed by atoms with Crippen LogP contribution in [0.15, 0.2) is 23.4 Å². The number of hydrogen-bond acceptors (Lipinski definition) is 1. The molecule has 0 fully saturated rings. The summed E-state index contributed by atoms with van der Waals surface area (Å²) >= 11 is 13.1. The Balaban J connectivity index is 2.84. The molecule has 0 saturated carbocycles. The van der Waals surface area contributed by atoms with Crippen LogP contribution in [-0.4, -0.2) is 20.5 Å². The zero-order valence-electron chi connectivity index (χ0n) is 11.6. The van der Waals surface area contributed by atoms with E-state index in [2.05, 4.69) is 63.6 Å². The molecule has 0 aromatic carbocycles. The van der Waals surface area contributed by atoms with Gasteiger partial charge in [0.2, 0.25) is 0 Å². The van der Waals surface area contributed by atoms with Crippen LogP contribution >= 0.6 is 22.2 Å². The van der Waals surface area contributed by atoms with Crippen LogP contribution in [0.4, 0.5) is 0 Å². The fourth-order valence-corrected chi connectivity index (χ4v) is 7.67. The standard InChI is InChI=1S/C12H23Cl2NSi2/c1-12(2,3)15-17(13,14)11-8-7-10(9-11)16(4,5)6/h7-9,11,15H,1-6H3. The van der Waals surface area contributed by atoms with E-state index >= 15 is 0 Å². The Morgan fingerprint density at radius 1 is 1.18 bits per heavy atom. The predicted molar refractivity (Wildman–Crippen MR) is 84.7 cm³/mol. The molecule has 0 spiro atoms. The average molecular weight is 308 g/mol. The topological polar surface area (TPSA) is 12.0 Å². The molecule has 1 aliphatic carbocycles. The summed E-state index contributed by atoms with van der Waals surface area (Å²) in [5.74, 6) is 0. The second kappa shape index (κ2) is 4.85. The molecule has 1 nitrogen and oxygen atoms in total. The summed E-state index contributed by atoms with van der Waals surface area (Å²) in [6, 6.07) is 0. The molecule has 0 heterocycles. The maximum atomic E-state index is 6.56. The van der Waals surface area contributed by atoms with Crippen molar-refractivity contribution in [3.05, 3.63) is 23.4 Å². The second-order valence-corrected chi connectivity index (χ2v) is 18.2. The first-order valence-electron chi connectivity index (χ1n) is 5.99. The van der Waals surface area contributed by atoms with Crippen molar-refractivity contribution in [1.82, 2.24) is 4.98 Å². The number of allylic oxidation sites excluding steroid dienone is 4. The van der Waals surface area contributed by atoms with E-state index in [1.54, 1.807) is 0 Å². The molecule has 1 rings (SSSR count). The lowest BCUT2D eigenvalue weighted by Gasteiger charge is -2.31. The molecule has 0 bridgehead atoms. The largest absolute Gasteiger partial charge is 0.333 e. The first kappa shape index (κ1) is 15.5. The minimum Gasteiger partial charge on any atom is -0.308 e. The molecule has 0 saturated heterocycles. The van der Waals surface area contributed by atoms with Gasteiger partial charge in [0.25, 0.3) is 0 Å². The maximum absolute atomic E-state index is 6.56. The summed E-state index contributed by atoms with van der Waals surface area (Å²) in [7, 11) is -1.25. The minimum atomic E-state index is -2.47. The van der Waals surface area contributed by atoms with Gasteiger partial charge in [-0.05, 0) is 20.8 Å². The maximum Gasteiger partial charge on any atom is 0.333 e. The molecular formula is C12H23Cl2NSi2. The van der Waals surface area contributed by atoms with Gasteiger partial charge in [-0.1, -0.05) is 43.1 Å². The Hall–Kier alpha value is 0.454. The van der Waals surface area contributed by atoms with E-state index in [0.717, 1.165) is 0 Å². The molecule has 1 N–H and O–H groups in total. The molecule has 5 heteroatoms. The van der Waals surface area contributed by atoms with E-state index in [9.17, 15) is 0 Å². The summed E-state index contributed by atoms with van der Waals surface area (Å²) in [5.41, 5.74) is 0.144. The normalized spacial score (nSPS) is 21.9. The Bertz CT molecular complexity index is 348. The van der Waals surface area contributed by atoms with E-state index in [1.807, 2.05) is 0 Å². The Morgan fingerprint density at radius 2 is 1.71 bits per heavy atom. The highest BCUT2D eigenvalue weighted by Gasteiger charge is 2.41. The number of halogens is 2. The zero-order chi connectivity index (χ0) is 13.5.